The van der Waals surface area contributed by atoms with Crippen LogP contribution in [0.5, 0.6) is 6.01 Å². The van der Waals surface area contributed by atoms with Crippen molar-refractivity contribution in [1.82, 2.24) is 24.5 Å². The molecule has 0 aliphatic heterocycles. The fourth-order valence-corrected chi connectivity index (χ4v) is 1.75. The van der Waals surface area contributed by atoms with E-state index in [1.807, 2.05) is 0 Å². The van der Waals surface area contributed by atoms with Gasteiger partial charge in [0.25, 0.3) is 0 Å². The molecule has 2 heterocycles. The van der Waals surface area contributed by atoms with Crippen molar-refractivity contribution in [2.75, 3.05) is 6.61 Å². The van der Waals surface area contributed by atoms with Gasteiger partial charge in [0, 0.05) is 12.4 Å². The van der Waals surface area contributed by atoms with Crippen molar-refractivity contribution < 1.29 is 4.74 Å². The summed E-state index contributed by atoms with van der Waals surface area (Å²) in [6, 6.07) is 0.263. The Morgan fingerprint density at radius 3 is 2.94 bits per heavy atom. The molecule has 2 aromatic rings. The molecule has 1 saturated carbocycles. The Labute approximate surface area is 109 Å². The van der Waals surface area contributed by atoms with Gasteiger partial charge in [-0.3, -0.25) is 4.57 Å². The third-order valence-corrected chi connectivity index (χ3v) is 2.93. The number of halogens is 1. The smallest absolute Gasteiger partial charge is 0.322 e. The van der Waals surface area contributed by atoms with E-state index in [0.717, 1.165) is 12.3 Å². The first kappa shape index (κ1) is 11.4. The minimum atomic E-state index is 0.120. The Kier molecular flexibility index (Phi) is 3.10. The lowest BCUT2D eigenvalue weighted by Gasteiger charge is -2.05. The van der Waals surface area contributed by atoms with Crippen molar-refractivity contribution in [3.8, 4) is 12.0 Å². The summed E-state index contributed by atoms with van der Waals surface area (Å²) in [5.41, 5.74) is 0. The molecule has 7 heteroatoms. The molecule has 6 nitrogen and oxygen atoms in total. The second kappa shape index (κ2) is 4.89. The van der Waals surface area contributed by atoms with Gasteiger partial charge >= 0.3 is 6.01 Å². The first-order chi connectivity index (χ1) is 8.81. The molecular weight excluding hydrogens is 254 g/mol. The van der Waals surface area contributed by atoms with Crippen molar-refractivity contribution in [3.05, 3.63) is 24.0 Å². The highest BCUT2D eigenvalue weighted by atomic mass is 35.5. The van der Waals surface area contributed by atoms with E-state index >= 15 is 0 Å². The molecule has 2 aromatic heterocycles. The van der Waals surface area contributed by atoms with Crippen LogP contribution < -0.4 is 4.74 Å². The van der Waals surface area contributed by atoms with Crippen LogP contribution in [-0.4, -0.2) is 31.1 Å². The predicted octanol–water partition coefficient (Wildman–Crippen LogP) is 1.89. The van der Waals surface area contributed by atoms with Gasteiger partial charge in [0.1, 0.15) is 6.33 Å². The zero-order valence-corrected chi connectivity index (χ0v) is 10.4. The average Bonchev–Trinajstić information content (AvgIpc) is 3.01. The molecule has 0 radical (unpaired) electrons. The van der Waals surface area contributed by atoms with Crippen molar-refractivity contribution >= 4 is 11.6 Å². The molecule has 0 amide bonds. The maximum absolute atomic E-state index is 5.84. The summed E-state index contributed by atoms with van der Waals surface area (Å²) in [6.07, 6.45) is 8.64. The fraction of sp³-hybridized carbons (Fsp3) is 0.455. The van der Waals surface area contributed by atoms with Crippen LogP contribution in [0.1, 0.15) is 19.3 Å². The first-order valence-corrected chi connectivity index (χ1v) is 6.22. The van der Waals surface area contributed by atoms with E-state index in [2.05, 4.69) is 19.9 Å². The van der Waals surface area contributed by atoms with Crippen LogP contribution in [0.15, 0.2) is 18.7 Å². The van der Waals surface area contributed by atoms with Gasteiger partial charge in [-0.2, -0.15) is 15.0 Å². The standard InChI is InChI=1S/C11H12ClN5O/c12-9-14-10(17-5-4-13-7-17)16-11(15-9)18-6-3-8-1-2-8/h4-5,7-8H,1-3,6H2. The highest BCUT2D eigenvalue weighted by Crippen LogP contribution is 2.32. The number of aromatic nitrogens is 5. The topological polar surface area (TPSA) is 65.7 Å². The molecule has 94 valence electrons. The molecule has 0 atom stereocenters. The maximum Gasteiger partial charge on any atom is 0.322 e. The molecule has 0 spiro atoms. The van der Waals surface area contributed by atoms with Gasteiger partial charge in [0.2, 0.25) is 11.2 Å². The molecular formula is C11H12ClN5O. The second-order valence-electron chi connectivity index (χ2n) is 4.24. The van der Waals surface area contributed by atoms with E-state index in [0.29, 0.717) is 12.6 Å². The van der Waals surface area contributed by atoms with E-state index in [1.165, 1.54) is 12.8 Å². The number of rotatable bonds is 5. The van der Waals surface area contributed by atoms with Gasteiger partial charge in [0.05, 0.1) is 6.61 Å². The molecule has 0 bridgehead atoms. The number of nitrogens with zero attached hydrogens (tertiary/aromatic N) is 5. The van der Waals surface area contributed by atoms with E-state index in [1.54, 1.807) is 23.3 Å². The monoisotopic (exact) mass is 265 g/mol. The predicted molar refractivity (Wildman–Crippen MR) is 64.8 cm³/mol. The fourth-order valence-electron chi connectivity index (χ4n) is 1.60. The summed E-state index contributed by atoms with van der Waals surface area (Å²) in [4.78, 5) is 16.1. The summed E-state index contributed by atoms with van der Waals surface area (Å²) >= 11 is 5.84. The van der Waals surface area contributed by atoms with E-state index in [9.17, 15) is 0 Å². The van der Waals surface area contributed by atoms with Crippen molar-refractivity contribution in [2.45, 2.75) is 19.3 Å². The molecule has 0 aromatic carbocycles. The molecule has 1 fully saturated rings. The van der Waals surface area contributed by atoms with Gasteiger partial charge in [0.15, 0.2) is 0 Å². The minimum Gasteiger partial charge on any atom is -0.463 e. The third-order valence-electron chi connectivity index (χ3n) is 2.77. The third kappa shape index (κ3) is 2.76. The largest absolute Gasteiger partial charge is 0.463 e. The highest BCUT2D eigenvalue weighted by Gasteiger charge is 2.21. The highest BCUT2D eigenvalue weighted by molar-refractivity contribution is 6.28. The van der Waals surface area contributed by atoms with Gasteiger partial charge in [-0.1, -0.05) is 12.8 Å². The number of ether oxygens (including phenoxy) is 1. The Morgan fingerprint density at radius 1 is 1.33 bits per heavy atom. The van der Waals surface area contributed by atoms with Crippen LogP contribution in [0.4, 0.5) is 0 Å². The van der Waals surface area contributed by atoms with Crippen LogP contribution in [-0.2, 0) is 0 Å². The summed E-state index contributed by atoms with van der Waals surface area (Å²) in [5.74, 6) is 1.23. The van der Waals surface area contributed by atoms with Crippen LogP contribution in [0.2, 0.25) is 5.28 Å². The summed E-state index contributed by atoms with van der Waals surface area (Å²) in [5, 5.41) is 0.120. The Morgan fingerprint density at radius 2 is 2.22 bits per heavy atom. The van der Waals surface area contributed by atoms with E-state index in [-0.39, 0.29) is 11.3 Å². The Bertz CT molecular complexity index is 526. The van der Waals surface area contributed by atoms with Gasteiger partial charge in [-0.05, 0) is 23.9 Å². The average molecular weight is 266 g/mol. The first-order valence-electron chi connectivity index (χ1n) is 5.84. The molecule has 3 rings (SSSR count). The molecule has 0 N–H and O–H groups in total. The number of hydrogen-bond acceptors (Lipinski definition) is 5. The normalized spacial score (nSPS) is 14.7. The van der Waals surface area contributed by atoms with Crippen LogP contribution in [0.3, 0.4) is 0 Å². The zero-order chi connectivity index (χ0) is 12.4. The number of imidazole rings is 1. The van der Waals surface area contributed by atoms with Crippen LogP contribution >= 0.6 is 11.6 Å². The molecule has 1 aliphatic carbocycles. The molecule has 1 aliphatic rings. The molecule has 0 unspecified atom stereocenters. The zero-order valence-electron chi connectivity index (χ0n) is 9.66. The lowest BCUT2D eigenvalue weighted by atomic mass is 10.3. The van der Waals surface area contributed by atoms with Gasteiger partial charge < -0.3 is 4.74 Å². The lowest BCUT2D eigenvalue weighted by Crippen LogP contribution is -2.07. The van der Waals surface area contributed by atoms with Crippen LogP contribution in [0, 0.1) is 5.92 Å². The van der Waals surface area contributed by atoms with Crippen molar-refractivity contribution in [1.29, 1.82) is 0 Å². The lowest BCUT2D eigenvalue weighted by molar-refractivity contribution is 0.278. The molecule has 0 saturated heterocycles. The van der Waals surface area contributed by atoms with E-state index < -0.39 is 0 Å². The Balaban J connectivity index is 1.72. The second-order valence-corrected chi connectivity index (χ2v) is 4.58. The van der Waals surface area contributed by atoms with Crippen LogP contribution in [0.25, 0.3) is 5.95 Å². The summed E-state index contributed by atoms with van der Waals surface area (Å²) < 4.78 is 7.15. The number of hydrogen-bond donors (Lipinski definition) is 0. The summed E-state index contributed by atoms with van der Waals surface area (Å²) in [7, 11) is 0. The quantitative estimate of drug-likeness (QED) is 0.826. The van der Waals surface area contributed by atoms with Gasteiger partial charge in [-0.15, -0.1) is 0 Å². The van der Waals surface area contributed by atoms with Crippen molar-refractivity contribution in [2.24, 2.45) is 5.92 Å². The van der Waals surface area contributed by atoms with E-state index in [4.69, 9.17) is 16.3 Å². The maximum atomic E-state index is 5.84. The van der Waals surface area contributed by atoms with Gasteiger partial charge in [-0.25, -0.2) is 4.98 Å². The Hall–Kier alpha value is -1.69. The minimum absolute atomic E-state index is 0.120. The van der Waals surface area contributed by atoms with Crippen molar-refractivity contribution in [3.63, 3.8) is 0 Å². The molecule has 18 heavy (non-hydrogen) atoms. The summed E-state index contributed by atoms with van der Waals surface area (Å²) in [6.45, 7) is 0.619. The SMILES string of the molecule is Clc1nc(OCCC2CC2)nc(-n2ccnc2)n1.